The Bertz CT molecular complexity index is 381. The number of nitrogens with zero attached hydrogens (tertiary/aromatic N) is 2. The van der Waals surface area contributed by atoms with E-state index in [0.717, 1.165) is 0 Å². The maximum Gasteiger partial charge on any atom is 0.328 e. The maximum absolute atomic E-state index is 11.6. The minimum atomic E-state index is -0.459. The van der Waals surface area contributed by atoms with E-state index < -0.39 is 6.04 Å². The van der Waals surface area contributed by atoms with Gasteiger partial charge in [0.15, 0.2) is 11.6 Å². The van der Waals surface area contributed by atoms with Crippen LogP contribution in [0.4, 0.5) is 11.6 Å². The van der Waals surface area contributed by atoms with Gasteiger partial charge in [-0.15, -0.1) is 0 Å². The number of nitrogens with two attached hydrogens (primary N) is 1. The minimum absolute atomic E-state index is 0.269. The van der Waals surface area contributed by atoms with Crippen molar-refractivity contribution in [1.82, 2.24) is 9.97 Å². The molecule has 1 atom stereocenters. The van der Waals surface area contributed by atoms with Gasteiger partial charge >= 0.3 is 5.97 Å². The van der Waals surface area contributed by atoms with Crippen LogP contribution in [0.15, 0.2) is 12.4 Å². The Hall–Kier alpha value is -1.85. The Kier molecular flexibility index (Phi) is 4.68. The summed E-state index contributed by atoms with van der Waals surface area (Å²) in [5, 5.41) is 2.96. The molecule has 0 aliphatic heterocycles. The van der Waals surface area contributed by atoms with Crippen LogP contribution in [0.1, 0.15) is 20.3 Å². The Balaban J connectivity index is 2.79. The molecule has 0 amide bonds. The molecule has 0 bridgehead atoms. The van der Waals surface area contributed by atoms with Crippen molar-refractivity contribution in [2.45, 2.75) is 26.3 Å². The molecule has 6 nitrogen and oxygen atoms in total. The molecule has 0 aliphatic carbocycles. The second kappa shape index (κ2) is 6.03. The molecule has 17 heavy (non-hydrogen) atoms. The number of nitrogens with one attached hydrogen (secondary N) is 1. The van der Waals surface area contributed by atoms with Gasteiger partial charge < -0.3 is 15.8 Å². The number of carbonyl (C=O) groups excluding carboxylic acids is 1. The van der Waals surface area contributed by atoms with Gasteiger partial charge in [-0.25, -0.2) is 14.8 Å². The Morgan fingerprint density at radius 2 is 2.12 bits per heavy atom. The highest BCUT2D eigenvalue weighted by molar-refractivity contribution is 5.79. The number of ether oxygens (including phenoxy) is 1. The Morgan fingerprint density at radius 3 is 2.65 bits per heavy atom. The highest BCUT2D eigenvalue weighted by Crippen LogP contribution is 2.15. The number of hydrogen-bond acceptors (Lipinski definition) is 6. The Morgan fingerprint density at radius 1 is 1.47 bits per heavy atom. The van der Waals surface area contributed by atoms with E-state index in [1.165, 1.54) is 19.5 Å². The van der Waals surface area contributed by atoms with E-state index >= 15 is 0 Å². The van der Waals surface area contributed by atoms with Gasteiger partial charge in [0, 0.05) is 12.4 Å². The molecular formula is C11H18N4O2. The topological polar surface area (TPSA) is 90.1 Å². The molecule has 0 saturated heterocycles. The van der Waals surface area contributed by atoms with Crippen LogP contribution < -0.4 is 11.1 Å². The fraction of sp³-hybridized carbons (Fsp3) is 0.545. The predicted octanol–water partition coefficient (Wildman–Crippen LogP) is 1.06. The van der Waals surface area contributed by atoms with Crippen LogP contribution >= 0.6 is 0 Å². The molecule has 0 aliphatic rings. The van der Waals surface area contributed by atoms with Gasteiger partial charge in [-0.05, 0) is 12.3 Å². The summed E-state index contributed by atoms with van der Waals surface area (Å²) < 4.78 is 4.73. The molecule has 1 rings (SSSR count). The van der Waals surface area contributed by atoms with Crippen LogP contribution in [-0.4, -0.2) is 29.1 Å². The summed E-state index contributed by atoms with van der Waals surface area (Å²) in [6.07, 6.45) is 3.65. The van der Waals surface area contributed by atoms with E-state index in [2.05, 4.69) is 15.3 Å². The van der Waals surface area contributed by atoms with E-state index in [1.54, 1.807) is 0 Å². The molecule has 0 saturated carbocycles. The fourth-order valence-electron chi connectivity index (χ4n) is 1.45. The quantitative estimate of drug-likeness (QED) is 0.745. The summed E-state index contributed by atoms with van der Waals surface area (Å²) >= 11 is 0. The van der Waals surface area contributed by atoms with E-state index in [9.17, 15) is 4.79 Å². The third-order valence-corrected chi connectivity index (χ3v) is 2.23. The molecule has 1 unspecified atom stereocenters. The Labute approximate surface area is 101 Å². The van der Waals surface area contributed by atoms with Crippen molar-refractivity contribution in [3.63, 3.8) is 0 Å². The van der Waals surface area contributed by atoms with E-state index in [1.807, 2.05) is 13.8 Å². The number of anilines is 2. The third kappa shape index (κ3) is 3.90. The number of methoxy groups -OCH3 is 1. The average molecular weight is 238 g/mol. The molecule has 0 spiro atoms. The van der Waals surface area contributed by atoms with E-state index in [4.69, 9.17) is 10.5 Å². The average Bonchev–Trinajstić information content (AvgIpc) is 2.29. The molecule has 6 heteroatoms. The lowest BCUT2D eigenvalue weighted by Gasteiger charge is -2.19. The van der Waals surface area contributed by atoms with Crippen LogP contribution in [0.5, 0.6) is 0 Å². The predicted molar refractivity (Wildman–Crippen MR) is 65.3 cm³/mol. The van der Waals surface area contributed by atoms with E-state index in [-0.39, 0.29) is 11.8 Å². The summed E-state index contributed by atoms with van der Waals surface area (Å²) in [5.74, 6) is 0.696. The molecule has 94 valence electrons. The van der Waals surface area contributed by atoms with Gasteiger partial charge in [-0.1, -0.05) is 13.8 Å². The standard InChI is InChI=1S/C11H18N4O2/c1-7(2)6-8(11(16)17-3)15-10-9(12)13-4-5-14-10/h4-5,7-8H,6H2,1-3H3,(H2,12,13)(H,14,15). The van der Waals surface area contributed by atoms with Crippen molar-refractivity contribution in [1.29, 1.82) is 0 Å². The first kappa shape index (κ1) is 13.2. The monoisotopic (exact) mass is 238 g/mol. The lowest BCUT2D eigenvalue weighted by atomic mass is 10.0. The summed E-state index contributed by atoms with van der Waals surface area (Å²) in [6.45, 7) is 4.05. The number of carbonyl (C=O) groups is 1. The summed E-state index contributed by atoms with van der Waals surface area (Å²) in [5.41, 5.74) is 5.65. The second-order valence-corrected chi connectivity index (χ2v) is 4.14. The molecule has 0 radical (unpaired) electrons. The number of rotatable bonds is 5. The zero-order valence-corrected chi connectivity index (χ0v) is 10.3. The molecule has 3 N–H and O–H groups in total. The molecule has 0 aromatic carbocycles. The number of aromatic nitrogens is 2. The van der Waals surface area contributed by atoms with Crippen LogP contribution in [-0.2, 0) is 9.53 Å². The van der Waals surface area contributed by atoms with Gasteiger partial charge in [-0.2, -0.15) is 0 Å². The van der Waals surface area contributed by atoms with Crippen LogP contribution in [0, 0.1) is 5.92 Å². The molecular weight excluding hydrogens is 220 g/mol. The molecule has 0 fully saturated rings. The van der Waals surface area contributed by atoms with E-state index in [0.29, 0.717) is 18.2 Å². The lowest BCUT2D eigenvalue weighted by molar-refractivity contribution is -0.141. The third-order valence-electron chi connectivity index (χ3n) is 2.23. The second-order valence-electron chi connectivity index (χ2n) is 4.14. The van der Waals surface area contributed by atoms with Crippen molar-refractivity contribution in [3.05, 3.63) is 12.4 Å². The highest BCUT2D eigenvalue weighted by Gasteiger charge is 2.21. The maximum atomic E-state index is 11.6. The van der Waals surface area contributed by atoms with Gasteiger partial charge in [0.05, 0.1) is 7.11 Å². The van der Waals surface area contributed by atoms with Crippen LogP contribution in [0.3, 0.4) is 0 Å². The normalized spacial score (nSPS) is 12.2. The van der Waals surface area contributed by atoms with Crippen molar-refractivity contribution < 1.29 is 9.53 Å². The van der Waals surface area contributed by atoms with Crippen molar-refractivity contribution in [2.75, 3.05) is 18.2 Å². The van der Waals surface area contributed by atoms with Crippen molar-refractivity contribution in [3.8, 4) is 0 Å². The zero-order valence-electron chi connectivity index (χ0n) is 10.3. The molecule has 1 heterocycles. The van der Waals surface area contributed by atoms with Crippen LogP contribution in [0.25, 0.3) is 0 Å². The van der Waals surface area contributed by atoms with Gasteiger partial charge in [0.2, 0.25) is 0 Å². The lowest BCUT2D eigenvalue weighted by Crippen LogP contribution is -2.32. The molecule has 1 aromatic heterocycles. The minimum Gasteiger partial charge on any atom is -0.467 e. The van der Waals surface area contributed by atoms with Gasteiger partial charge in [0.25, 0.3) is 0 Å². The summed E-state index contributed by atoms with van der Waals surface area (Å²) in [6, 6.07) is -0.459. The van der Waals surface area contributed by atoms with Gasteiger partial charge in [-0.3, -0.25) is 0 Å². The summed E-state index contributed by atoms with van der Waals surface area (Å²) in [4.78, 5) is 19.5. The van der Waals surface area contributed by atoms with Gasteiger partial charge in [0.1, 0.15) is 6.04 Å². The first-order valence-corrected chi connectivity index (χ1v) is 5.45. The molecule has 1 aromatic rings. The summed E-state index contributed by atoms with van der Waals surface area (Å²) in [7, 11) is 1.36. The zero-order chi connectivity index (χ0) is 12.8. The highest BCUT2D eigenvalue weighted by atomic mass is 16.5. The smallest absolute Gasteiger partial charge is 0.328 e. The van der Waals surface area contributed by atoms with Crippen molar-refractivity contribution in [2.24, 2.45) is 5.92 Å². The number of esters is 1. The first-order valence-electron chi connectivity index (χ1n) is 5.45. The fourth-order valence-corrected chi connectivity index (χ4v) is 1.45. The number of hydrogen-bond donors (Lipinski definition) is 2. The SMILES string of the molecule is COC(=O)C(CC(C)C)Nc1nccnc1N. The van der Waals surface area contributed by atoms with Crippen LogP contribution in [0.2, 0.25) is 0 Å². The number of nitrogen functional groups attached to an aromatic ring is 1. The largest absolute Gasteiger partial charge is 0.467 e. The first-order chi connectivity index (χ1) is 8.04. The van der Waals surface area contributed by atoms with Crippen molar-refractivity contribution >= 4 is 17.6 Å².